The van der Waals surface area contributed by atoms with Gasteiger partial charge in [0.25, 0.3) is 0 Å². The van der Waals surface area contributed by atoms with E-state index in [1.165, 1.54) is 10.9 Å². The summed E-state index contributed by atoms with van der Waals surface area (Å²) in [4.78, 5) is 9.65. The molecular formula is C16H15N3S. The van der Waals surface area contributed by atoms with Crippen LogP contribution in [0, 0.1) is 6.92 Å². The molecule has 100 valence electrons. The molecule has 0 aliphatic heterocycles. The van der Waals surface area contributed by atoms with E-state index in [2.05, 4.69) is 28.2 Å². The molecule has 0 amide bonds. The Morgan fingerprint density at radius 1 is 1.20 bits per heavy atom. The molecule has 3 nitrogen and oxygen atoms in total. The first kappa shape index (κ1) is 12.9. The second-order valence-corrected chi connectivity index (χ2v) is 5.66. The second-order valence-electron chi connectivity index (χ2n) is 4.64. The lowest BCUT2D eigenvalue weighted by Crippen LogP contribution is -1.92. The Bertz CT molecular complexity index is 756. The average molecular weight is 281 g/mol. The standard InChI is InChI=1S/C16H15N3S/c1-11-8-12(13-4-2-3-5-15(13)19-11)10-20-16-6-7-18-9-14(16)17/h2-9H,10,17H2,1H3. The zero-order valence-corrected chi connectivity index (χ0v) is 12.0. The summed E-state index contributed by atoms with van der Waals surface area (Å²) in [7, 11) is 0. The molecule has 0 aliphatic rings. The molecule has 0 radical (unpaired) electrons. The van der Waals surface area contributed by atoms with Crippen LogP contribution in [0.25, 0.3) is 10.9 Å². The number of fused-ring (bicyclic) bond motifs is 1. The first-order valence-electron chi connectivity index (χ1n) is 6.41. The van der Waals surface area contributed by atoms with Crippen LogP contribution in [0.1, 0.15) is 11.3 Å². The zero-order valence-electron chi connectivity index (χ0n) is 11.2. The van der Waals surface area contributed by atoms with E-state index in [0.717, 1.165) is 27.5 Å². The highest BCUT2D eigenvalue weighted by molar-refractivity contribution is 7.98. The molecule has 4 heteroatoms. The van der Waals surface area contributed by atoms with E-state index in [9.17, 15) is 0 Å². The molecule has 0 bridgehead atoms. The third kappa shape index (κ3) is 2.60. The molecule has 2 N–H and O–H groups in total. The number of para-hydroxylation sites is 1. The highest BCUT2D eigenvalue weighted by Crippen LogP contribution is 2.29. The quantitative estimate of drug-likeness (QED) is 0.742. The van der Waals surface area contributed by atoms with E-state index in [-0.39, 0.29) is 0 Å². The molecule has 0 aliphatic carbocycles. The van der Waals surface area contributed by atoms with Gasteiger partial charge < -0.3 is 5.73 Å². The van der Waals surface area contributed by atoms with Gasteiger partial charge in [-0.25, -0.2) is 0 Å². The van der Waals surface area contributed by atoms with Crippen molar-refractivity contribution in [3.8, 4) is 0 Å². The van der Waals surface area contributed by atoms with Crippen molar-refractivity contribution in [2.45, 2.75) is 17.6 Å². The van der Waals surface area contributed by atoms with Gasteiger partial charge in [-0.05, 0) is 30.7 Å². The van der Waals surface area contributed by atoms with E-state index in [1.807, 2.05) is 25.1 Å². The number of thioether (sulfide) groups is 1. The number of hydrogen-bond acceptors (Lipinski definition) is 4. The number of rotatable bonds is 3. The predicted octanol–water partition coefficient (Wildman–Crippen LogP) is 3.81. The number of aromatic nitrogens is 2. The summed E-state index contributed by atoms with van der Waals surface area (Å²) in [5.41, 5.74) is 10.0. The third-order valence-corrected chi connectivity index (χ3v) is 4.26. The van der Waals surface area contributed by atoms with Gasteiger partial charge in [-0.1, -0.05) is 18.2 Å². The first-order valence-corrected chi connectivity index (χ1v) is 7.40. The Labute approximate surface area is 122 Å². The molecule has 0 unspecified atom stereocenters. The van der Waals surface area contributed by atoms with Gasteiger partial charge in [-0.2, -0.15) is 0 Å². The van der Waals surface area contributed by atoms with Crippen molar-refractivity contribution in [2.24, 2.45) is 0 Å². The predicted molar refractivity (Wildman–Crippen MR) is 84.7 cm³/mol. The van der Waals surface area contributed by atoms with Gasteiger partial charge in [0.2, 0.25) is 0 Å². The molecule has 2 heterocycles. The van der Waals surface area contributed by atoms with Crippen LogP contribution in [0.3, 0.4) is 0 Å². The summed E-state index contributed by atoms with van der Waals surface area (Å²) in [6.07, 6.45) is 3.47. The summed E-state index contributed by atoms with van der Waals surface area (Å²) in [5.74, 6) is 0.873. The van der Waals surface area contributed by atoms with Crippen molar-refractivity contribution < 1.29 is 0 Å². The lowest BCUT2D eigenvalue weighted by atomic mass is 10.1. The van der Waals surface area contributed by atoms with Crippen LogP contribution in [-0.2, 0) is 5.75 Å². The van der Waals surface area contributed by atoms with Gasteiger partial charge in [0.05, 0.1) is 17.4 Å². The van der Waals surface area contributed by atoms with Crippen molar-refractivity contribution >= 4 is 28.4 Å². The van der Waals surface area contributed by atoms with Gasteiger partial charge in [-0.15, -0.1) is 11.8 Å². The van der Waals surface area contributed by atoms with E-state index in [0.29, 0.717) is 0 Å². The van der Waals surface area contributed by atoms with Crippen molar-refractivity contribution in [2.75, 3.05) is 5.73 Å². The largest absolute Gasteiger partial charge is 0.397 e. The van der Waals surface area contributed by atoms with Crippen molar-refractivity contribution in [1.29, 1.82) is 0 Å². The molecular weight excluding hydrogens is 266 g/mol. The van der Waals surface area contributed by atoms with Crippen LogP contribution in [0.15, 0.2) is 53.7 Å². The highest BCUT2D eigenvalue weighted by Gasteiger charge is 2.06. The Morgan fingerprint density at radius 3 is 2.90 bits per heavy atom. The molecule has 1 aromatic carbocycles. The summed E-state index contributed by atoms with van der Waals surface area (Å²) >= 11 is 1.73. The average Bonchev–Trinajstić information content (AvgIpc) is 2.46. The fourth-order valence-electron chi connectivity index (χ4n) is 2.20. The fourth-order valence-corrected chi connectivity index (χ4v) is 3.12. The monoisotopic (exact) mass is 281 g/mol. The molecule has 0 saturated heterocycles. The third-order valence-electron chi connectivity index (χ3n) is 3.12. The van der Waals surface area contributed by atoms with Crippen molar-refractivity contribution in [3.63, 3.8) is 0 Å². The summed E-state index contributed by atoms with van der Waals surface area (Å²) in [5, 5.41) is 1.21. The number of pyridine rings is 2. The topological polar surface area (TPSA) is 51.8 Å². The number of benzene rings is 1. The molecule has 3 rings (SSSR count). The van der Waals surface area contributed by atoms with Gasteiger partial charge in [0, 0.05) is 27.9 Å². The van der Waals surface area contributed by atoms with Crippen LogP contribution in [0.2, 0.25) is 0 Å². The lowest BCUT2D eigenvalue weighted by Gasteiger charge is -2.08. The van der Waals surface area contributed by atoms with Gasteiger partial charge in [0.15, 0.2) is 0 Å². The molecule has 20 heavy (non-hydrogen) atoms. The molecule has 0 saturated carbocycles. The Hall–Kier alpha value is -2.07. The number of nitrogens with two attached hydrogens (primary N) is 1. The second kappa shape index (κ2) is 5.51. The number of aryl methyl sites for hydroxylation is 1. The first-order chi connectivity index (χ1) is 9.74. The minimum absolute atomic E-state index is 0.729. The Kier molecular flexibility index (Phi) is 3.56. The van der Waals surface area contributed by atoms with Gasteiger partial charge in [-0.3, -0.25) is 9.97 Å². The van der Waals surface area contributed by atoms with E-state index >= 15 is 0 Å². The maximum absolute atomic E-state index is 5.93. The maximum atomic E-state index is 5.93. The summed E-state index contributed by atoms with van der Waals surface area (Å²) < 4.78 is 0. The molecule has 0 atom stereocenters. The SMILES string of the molecule is Cc1cc(CSc2ccncc2N)c2ccccc2n1. The molecule has 0 fully saturated rings. The summed E-state index contributed by atoms with van der Waals surface area (Å²) in [6.45, 7) is 2.03. The van der Waals surface area contributed by atoms with Crippen molar-refractivity contribution in [3.05, 3.63) is 60.0 Å². The minimum Gasteiger partial charge on any atom is -0.397 e. The zero-order chi connectivity index (χ0) is 13.9. The van der Waals surface area contributed by atoms with E-state index < -0.39 is 0 Å². The van der Waals surface area contributed by atoms with E-state index in [4.69, 9.17) is 5.73 Å². The van der Waals surface area contributed by atoms with Crippen LogP contribution in [0.5, 0.6) is 0 Å². The van der Waals surface area contributed by atoms with Crippen LogP contribution in [0.4, 0.5) is 5.69 Å². The molecule has 3 aromatic rings. The van der Waals surface area contributed by atoms with E-state index in [1.54, 1.807) is 24.2 Å². The lowest BCUT2D eigenvalue weighted by molar-refractivity contribution is 1.22. The van der Waals surface area contributed by atoms with Crippen LogP contribution in [-0.4, -0.2) is 9.97 Å². The number of anilines is 1. The van der Waals surface area contributed by atoms with Crippen LogP contribution < -0.4 is 5.73 Å². The molecule has 0 spiro atoms. The smallest absolute Gasteiger partial charge is 0.0708 e. The minimum atomic E-state index is 0.729. The Balaban J connectivity index is 1.93. The normalized spacial score (nSPS) is 10.8. The summed E-state index contributed by atoms with van der Waals surface area (Å²) in [6, 6.07) is 12.3. The maximum Gasteiger partial charge on any atom is 0.0708 e. The van der Waals surface area contributed by atoms with Crippen LogP contribution >= 0.6 is 11.8 Å². The number of nitrogen functional groups attached to an aromatic ring is 1. The highest BCUT2D eigenvalue weighted by atomic mass is 32.2. The number of hydrogen-bond donors (Lipinski definition) is 1. The van der Waals surface area contributed by atoms with Crippen molar-refractivity contribution in [1.82, 2.24) is 9.97 Å². The molecule has 2 aromatic heterocycles. The number of nitrogens with zero attached hydrogens (tertiary/aromatic N) is 2. The van der Waals surface area contributed by atoms with Gasteiger partial charge >= 0.3 is 0 Å². The van der Waals surface area contributed by atoms with Gasteiger partial charge in [0.1, 0.15) is 0 Å². The fraction of sp³-hybridized carbons (Fsp3) is 0.125. The Morgan fingerprint density at radius 2 is 2.05 bits per heavy atom.